The molecule has 0 aromatic rings. The fourth-order valence-corrected chi connectivity index (χ4v) is 6.24. The van der Waals surface area contributed by atoms with Gasteiger partial charge in [0, 0.05) is 12.3 Å². The van der Waals surface area contributed by atoms with Crippen LogP contribution in [-0.2, 0) is 9.59 Å². The van der Waals surface area contributed by atoms with Crippen LogP contribution in [0.15, 0.2) is 16.8 Å². The van der Waals surface area contributed by atoms with E-state index in [-0.39, 0.29) is 39.9 Å². The van der Waals surface area contributed by atoms with Crippen LogP contribution in [0.1, 0.15) is 58.8 Å². The Balaban J connectivity index is 1.85. The number of hydrogen-bond acceptors (Lipinski definition) is 4. The number of rotatable bonds is 0. The van der Waals surface area contributed by atoms with E-state index in [4.69, 9.17) is 0 Å². The lowest BCUT2D eigenvalue weighted by Gasteiger charge is -2.56. The standard InChI is InChI=1S/C19H25NO3/c1-18-7-3-4-12(18)15-13(6-8-18)19(2)9-5-11(21)10-14(19)16(20-23)17(15)22/h10,12-13,15,23H,3-9H2,1-2H3/b20-16-/t12-,13-,15-,18-,19+/m0/s1. The molecule has 4 aliphatic carbocycles. The Morgan fingerprint density at radius 1 is 1.13 bits per heavy atom. The first-order valence-corrected chi connectivity index (χ1v) is 8.92. The number of oxime groups is 1. The summed E-state index contributed by atoms with van der Waals surface area (Å²) in [6, 6.07) is 0. The Bertz CT molecular complexity index is 649. The van der Waals surface area contributed by atoms with Gasteiger partial charge in [0.25, 0.3) is 0 Å². The summed E-state index contributed by atoms with van der Waals surface area (Å²) in [5, 5.41) is 12.9. The maximum Gasteiger partial charge on any atom is 0.188 e. The van der Waals surface area contributed by atoms with Crippen LogP contribution < -0.4 is 0 Å². The van der Waals surface area contributed by atoms with E-state index in [2.05, 4.69) is 19.0 Å². The van der Waals surface area contributed by atoms with Gasteiger partial charge in [-0.05, 0) is 66.4 Å². The minimum Gasteiger partial charge on any atom is -0.410 e. The minimum atomic E-state index is -0.196. The van der Waals surface area contributed by atoms with Crippen molar-refractivity contribution >= 4 is 17.3 Å². The van der Waals surface area contributed by atoms with E-state index < -0.39 is 0 Å². The smallest absolute Gasteiger partial charge is 0.188 e. The third-order valence-electron chi connectivity index (χ3n) is 7.57. The van der Waals surface area contributed by atoms with Gasteiger partial charge >= 0.3 is 0 Å². The maximum absolute atomic E-state index is 13.1. The largest absolute Gasteiger partial charge is 0.410 e. The van der Waals surface area contributed by atoms with E-state index in [0.717, 1.165) is 19.3 Å². The SMILES string of the molecule is C[C@@]12CCC[C@H]1[C@@H]1C(=O)/C(=N\O)C3=CC(=O)CC[C@]3(C)[C@H]1CC2. The zero-order valence-corrected chi connectivity index (χ0v) is 14.0. The minimum absolute atomic E-state index is 0.0197. The van der Waals surface area contributed by atoms with Crippen molar-refractivity contribution in [3.8, 4) is 0 Å². The summed E-state index contributed by atoms with van der Waals surface area (Å²) >= 11 is 0. The zero-order valence-electron chi connectivity index (χ0n) is 14.0. The number of ketones is 2. The van der Waals surface area contributed by atoms with Crippen molar-refractivity contribution in [1.29, 1.82) is 0 Å². The summed E-state index contributed by atoms with van der Waals surface area (Å²) in [4.78, 5) is 25.0. The lowest BCUT2D eigenvalue weighted by molar-refractivity contribution is -0.130. The summed E-state index contributed by atoms with van der Waals surface area (Å²) in [6.45, 7) is 4.51. The van der Waals surface area contributed by atoms with Crippen molar-refractivity contribution in [2.24, 2.45) is 33.7 Å². The molecule has 0 aromatic heterocycles. The van der Waals surface area contributed by atoms with Crippen LogP contribution in [-0.4, -0.2) is 22.5 Å². The van der Waals surface area contributed by atoms with Crippen molar-refractivity contribution in [3.63, 3.8) is 0 Å². The molecule has 0 amide bonds. The Labute approximate surface area is 137 Å². The molecule has 0 saturated heterocycles. The average Bonchev–Trinajstić information content (AvgIpc) is 2.91. The fraction of sp³-hybridized carbons (Fsp3) is 0.737. The van der Waals surface area contributed by atoms with Crippen molar-refractivity contribution in [3.05, 3.63) is 11.6 Å². The monoisotopic (exact) mass is 315 g/mol. The lowest BCUT2D eigenvalue weighted by atomic mass is 9.47. The van der Waals surface area contributed by atoms with Crippen LogP contribution in [0, 0.1) is 28.6 Å². The molecule has 4 aliphatic rings. The molecule has 0 aromatic carbocycles. The van der Waals surface area contributed by atoms with E-state index in [0.29, 0.717) is 17.9 Å². The van der Waals surface area contributed by atoms with Gasteiger partial charge in [0.2, 0.25) is 0 Å². The predicted octanol–water partition coefficient (Wildman–Crippen LogP) is 3.53. The van der Waals surface area contributed by atoms with E-state index in [9.17, 15) is 14.8 Å². The van der Waals surface area contributed by atoms with Gasteiger partial charge in [0.15, 0.2) is 11.6 Å². The second-order valence-corrected chi connectivity index (χ2v) is 8.58. The number of carbonyl (C=O) groups excluding carboxylic acids is 2. The molecule has 0 aliphatic heterocycles. The molecule has 4 nitrogen and oxygen atoms in total. The van der Waals surface area contributed by atoms with Gasteiger partial charge in [-0.3, -0.25) is 9.59 Å². The van der Waals surface area contributed by atoms with Crippen molar-refractivity contribution in [2.75, 3.05) is 0 Å². The van der Waals surface area contributed by atoms with E-state index in [1.807, 2.05) is 0 Å². The third-order valence-corrected chi connectivity index (χ3v) is 7.57. The van der Waals surface area contributed by atoms with Gasteiger partial charge in [-0.1, -0.05) is 25.4 Å². The van der Waals surface area contributed by atoms with Gasteiger partial charge in [0.05, 0.1) is 0 Å². The highest BCUT2D eigenvalue weighted by Gasteiger charge is 2.61. The average molecular weight is 315 g/mol. The number of Topliss-reactive ketones (excluding diaryl/α,β-unsaturated/α-hetero) is 1. The fourth-order valence-electron chi connectivity index (χ4n) is 6.24. The molecule has 1 N–H and O–H groups in total. The molecule has 3 saturated carbocycles. The Kier molecular flexibility index (Phi) is 3.14. The lowest BCUT2D eigenvalue weighted by Crippen LogP contribution is -2.56. The number of fused-ring (bicyclic) bond motifs is 5. The topological polar surface area (TPSA) is 66.7 Å². The van der Waals surface area contributed by atoms with Crippen molar-refractivity contribution < 1.29 is 14.8 Å². The molecule has 0 radical (unpaired) electrons. The second-order valence-electron chi connectivity index (χ2n) is 8.58. The van der Waals surface area contributed by atoms with Gasteiger partial charge in [-0.2, -0.15) is 0 Å². The summed E-state index contributed by atoms with van der Waals surface area (Å²) in [6.07, 6.45) is 8.62. The Morgan fingerprint density at radius 3 is 2.65 bits per heavy atom. The summed E-state index contributed by atoms with van der Waals surface area (Å²) in [7, 11) is 0. The van der Waals surface area contributed by atoms with Crippen LogP contribution in [0.2, 0.25) is 0 Å². The van der Waals surface area contributed by atoms with Crippen LogP contribution in [0.5, 0.6) is 0 Å². The van der Waals surface area contributed by atoms with Gasteiger partial charge in [0.1, 0.15) is 5.71 Å². The zero-order chi connectivity index (χ0) is 16.4. The molecule has 3 fully saturated rings. The Hall–Kier alpha value is -1.45. The molecular weight excluding hydrogens is 290 g/mol. The first-order chi connectivity index (χ1) is 10.9. The second kappa shape index (κ2) is 4.78. The molecular formula is C19H25NO3. The quantitative estimate of drug-likeness (QED) is 0.549. The number of carbonyl (C=O) groups is 2. The highest BCUT2D eigenvalue weighted by molar-refractivity contribution is 6.48. The van der Waals surface area contributed by atoms with Crippen molar-refractivity contribution in [1.82, 2.24) is 0 Å². The molecule has 0 unspecified atom stereocenters. The normalized spacial score (nSPS) is 47.8. The van der Waals surface area contributed by atoms with Gasteiger partial charge in [-0.25, -0.2) is 0 Å². The van der Waals surface area contributed by atoms with Crippen LogP contribution in [0.25, 0.3) is 0 Å². The van der Waals surface area contributed by atoms with E-state index >= 15 is 0 Å². The summed E-state index contributed by atoms with van der Waals surface area (Å²) < 4.78 is 0. The van der Waals surface area contributed by atoms with Gasteiger partial charge in [-0.15, -0.1) is 0 Å². The molecule has 0 heterocycles. The molecule has 4 heteroatoms. The predicted molar refractivity (Wildman–Crippen MR) is 86.3 cm³/mol. The molecule has 0 spiro atoms. The number of nitrogens with zero attached hydrogens (tertiary/aromatic N) is 1. The highest BCUT2D eigenvalue weighted by atomic mass is 16.4. The van der Waals surface area contributed by atoms with Crippen LogP contribution in [0.4, 0.5) is 0 Å². The maximum atomic E-state index is 13.1. The van der Waals surface area contributed by atoms with Crippen molar-refractivity contribution in [2.45, 2.75) is 58.8 Å². The van der Waals surface area contributed by atoms with Crippen LogP contribution >= 0.6 is 0 Å². The van der Waals surface area contributed by atoms with E-state index in [1.165, 1.54) is 19.3 Å². The molecule has 4 rings (SSSR count). The molecule has 5 atom stereocenters. The molecule has 0 bridgehead atoms. The third kappa shape index (κ3) is 1.87. The number of allylic oxidation sites excluding steroid dienone is 1. The highest BCUT2D eigenvalue weighted by Crippen LogP contribution is 2.63. The van der Waals surface area contributed by atoms with Crippen LogP contribution in [0.3, 0.4) is 0 Å². The summed E-state index contributed by atoms with van der Waals surface area (Å²) in [5.74, 6) is 0.690. The number of hydrogen-bond donors (Lipinski definition) is 1. The Morgan fingerprint density at radius 2 is 1.91 bits per heavy atom. The first-order valence-electron chi connectivity index (χ1n) is 8.92. The van der Waals surface area contributed by atoms with Gasteiger partial charge < -0.3 is 5.21 Å². The molecule has 124 valence electrons. The van der Waals surface area contributed by atoms with E-state index in [1.54, 1.807) is 6.08 Å². The molecule has 23 heavy (non-hydrogen) atoms. The first kappa shape index (κ1) is 15.1. The summed E-state index contributed by atoms with van der Waals surface area (Å²) in [5.41, 5.74) is 0.930.